The number of hydrogen-bond donors (Lipinski definition) is 1. The molecule has 4 aromatic rings. The van der Waals surface area contributed by atoms with Crippen molar-refractivity contribution in [1.82, 2.24) is 9.55 Å². The molecular weight excluding hydrogens is 410 g/mol. The third kappa shape index (κ3) is 4.62. The van der Waals surface area contributed by atoms with Gasteiger partial charge in [0.2, 0.25) is 5.62 Å². The van der Waals surface area contributed by atoms with Crippen LogP contribution in [0, 0.1) is 0 Å². The van der Waals surface area contributed by atoms with Gasteiger partial charge in [-0.3, -0.25) is 4.79 Å². The summed E-state index contributed by atoms with van der Waals surface area (Å²) in [4.78, 5) is 20.4. The van der Waals surface area contributed by atoms with Crippen LogP contribution in [0.4, 0.5) is 0 Å². The number of imidazole rings is 1. The summed E-state index contributed by atoms with van der Waals surface area (Å²) in [5, 5.41) is 0.578. The van der Waals surface area contributed by atoms with E-state index in [9.17, 15) is 4.79 Å². The lowest BCUT2D eigenvalue weighted by Crippen LogP contribution is -2.18. The molecule has 6 heteroatoms. The Morgan fingerprint density at radius 3 is 2.32 bits per heavy atom. The van der Waals surface area contributed by atoms with Crippen LogP contribution in [0.25, 0.3) is 11.3 Å². The van der Waals surface area contributed by atoms with Crippen LogP contribution in [0.5, 0.6) is 5.75 Å². The quantitative estimate of drug-likeness (QED) is 0.482. The zero-order chi connectivity index (χ0) is 21.8. The van der Waals surface area contributed by atoms with Crippen LogP contribution in [-0.2, 0) is 13.5 Å². The highest BCUT2D eigenvalue weighted by atomic mass is 35.5. The van der Waals surface area contributed by atoms with Crippen LogP contribution in [0.2, 0.25) is 5.02 Å². The molecule has 0 unspecified atom stereocenters. The SMILES string of the molecule is COc1ccc(-c2c(Cc3ccccc3)[nH]/c(=N\C(=O)c3ccc(Cl)cc3)n2C)cc1. The average Bonchev–Trinajstić information content (AvgIpc) is 3.09. The molecule has 1 amide bonds. The van der Waals surface area contributed by atoms with Gasteiger partial charge < -0.3 is 14.3 Å². The zero-order valence-electron chi connectivity index (χ0n) is 17.3. The molecule has 0 aliphatic rings. The van der Waals surface area contributed by atoms with Gasteiger partial charge in [-0.25, -0.2) is 0 Å². The maximum absolute atomic E-state index is 12.7. The summed E-state index contributed by atoms with van der Waals surface area (Å²) in [7, 11) is 3.55. The van der Waals surface area contributed by atoms with E-state index < -0.39 is 0 Å². The number of aromatic nitrogens is 2. The van der Waals surface area contributed by atoms with Crippen molar-refractivity contribution in [2.24, 2.45) is 12.0 Å². The normalized spacial score (nSPS) is 11.5. The first kappa shape index (κ1) is 20.7. The maximum Gasteiger partial charge on any atom is 0.280 e. The predicted molar refractivity (Wildman–Crippen MR) is 122 cm³/mol. The van der Waals surface area contributed by atoms with Gasteiger partial charge in [0.25, 0.3) is 5.91 Å². The van der Waals surface area contributed by atoms with Crippen molar-refractivity contribution in [1.29, 1.82) is 0 Å². The number of nitrogens with zero attached hydrogens (tertiary/aromatic N) is 2. The van der Waals surface area contributed by atoms with Gasteiger partial charge in [-0.15, -0.1) is 0 Å². The molecule has 31 heavy (non-hydrogen) atoms. The zero-order valence-corrected chi connectivity index (χ0v) is 18.1. The number of halogens is 1. The molecule has 0 bridgehead atoms. The third-order valence-electron chi connectivity index (χ3n) is 5.09. The fourth-order valence-corrected chi connectivity index (χ4v) is 3.61. The van der Waals surface area contributed by atoms with Crippen LogP contribution in [0.15, 0.2) is 83.9 Å². The van der Waals surface area contributed by atoms with Gasteiger partial charge in [-0.2, -0.15) is 4.99 Å². The van der Waals surface area contributed by atoms with E-state index >= 15 is 0 Å². The molecule has 0 aliphatic carbocycles. The molecule has 5 nitrogen and oxygen atoms in total. The number of hydrogen-bond acceptors (Lipinski definition) is 2. The Morgan fingerprint density at radius 1 is 1.00 bits per heavy atom. The number of aromatic amines is 1. The number of H-pyrrole nitrogens is 1. The summed E-state index contributed by atoms with van der Waals surface area (Å²) in [6.07, 6.45) is 0.681. The van der Waals surface area contributed by atoms with Crippen LogP contribution >= 0.6 is 11.6 Å². The minimum atomic E-state index is -0.332. The standard InChI is InChI=1S/C25H22ClN3O2/c1-29-23(18-10-14-21(31-2)15-11-18)22(16-17-6-4-3-5-7-17)27-25(29)28-24(30)19-8-12-20(26)13-9-19/h3-15H,16H2,1-2H3,(H,27,28,30). The third-order valence-corrected chi connectivity index (χ3v) is 5.34. The van der Waals surface area contributed by atoms with Gasteiger partial charge in [-0.1, -0.05) is 41.9 Å². The summed E-state index contributed by atoms with van der Waals surface area (Å²) >= 11 is 5.93. The molecule has 0 atom stereocenters. The molecular formula is C25H22ClN3O2. The molecule has 156 valence electrons. The van der Waals surface area contributed by atoms with E-state index in [2.05, 4.69) is 22.1 Å². The van der Waals surface area contributed by atoms with Crippen LogP contribution < -0.4 is 10.4 Å². The van der Waals surface area contributed by atoms with Gasteiger partial charge in [-0.05, 0) is 54.1 Å². The Labute approximate surface area is 185 Å². The highest BCUT2D eigenvalue weighted by molar-refractivity contribution is 6.30. The monoisotopic (exact) mass is 431 g/mol. The van der Waals surface area contributed by atoms with E-state index in [0.29, 0.717) is 22.6 Å². The van der Waals surface area contributed by atoms with E-state index in [0.717, 1.165) is 28.3 Å². The lowest BCUT2D eigenvalue weighted by molar-refractivity contribution is 0.0996. The summed E-state index contributed by atoms with van der Waals surface area (Å²) in [5.41, 5.74) is 5.07. The van der Waals surface area contributed by atoms with Crippen molar-refractivity contribution >= 4 is 17.5 Å². The number of rotatable bonds is 5. The molecule has 3 aromatic carbocycles. The van der Waals surface area contributed by atoms with Crippen molar-refractivity contribution in [2.45, 2.75) is 6.42 Å². The number of ether oxygens (including phenoxy) is 1. The van der Waals surface area contributed by atoms with E-state index in [1.165, 1.54) is 0 Å². The summed E-state index contributed by atoms with van der Waals surface area (Å²) in [6.45, 7) is 0. The second-order valence-electron chi connectivity index (χ2n) is 7.15. The summed E-state index contributed by atoms with van der Waals surface area (Å²) in [6, 6.07) is 24.7. The lowest BCUT2D eigenvalue weighted by atomic mass is 10.0. The summed E-state index contributed by atoms with van der Waals surface area (Å²) < 4.78 is 7.20. The first-order valence-corrected chi connectivity index (χ1v) is 10.2. The van der Waals surface area contributed by atoms with E-state index in [1.54, 1.807) is 31.4 Å². The Balaban J connectivity index is 1.80. The number of carbonyl (C=O) groups is 1. The Kier molecular flexibility index (Phi) is 6.05. The molecule has 1 N–H and O–H groups in total. The first-order valence-electron chi connectivity index (χ1n) is 9.86. The molecule has 4 rings (SSSR count). The van der Waals surface area contributed by atoms with Crippen LogP contribution in [0.1, 0.15) is 21.6 Å². The number of carbonyl (C=O) groups excluding carboxylic acids is 1. The molecule has 0 fully saturated rings. The highest BCUT2D eigenvalue weighted by Gasteiger charge is 2.15. The number of benzene rings is 3. The molecule has 0 saturated carbocycles. The van der Waals surface area contributed by atoms with Crippen molar-refractivity contribution in [3.8, 4) is 17.0 Å². The minimum absolute atomic E-state index is 0.332. The first-order chi connectivity index (χ1) is 15.0. The van der Waals surface area contributed by atoms with Crippen molar-refractivity contribution < 1.29 is 9.53 Å². The number of nitrogens with one attached hydrogen (secondary N) is 1. The van der Waals surface area contributed by atoms with E-state index in [-0.39, 0.29) is 5.91 Å². The van der Waals surface area contributed by atoms with Crippen LogP contribution in [-0.4, -0.2) is 22.6 Å². The van der Waals surface area contributed by atoms with Crippen molar-refractivity contribution in [3.05, 3.63) is 106 Å². The molecule has 1 heterocycles. The van der Waals surface area contributed by atoms with Crippen LogP contribution in [0.3, 0.4) is 0 Å². The highest BCUT2D eigenvalue weighted by Crippen LogP contribution is 2.25. The van der Waals surface area contributed by atoms with Gasteiger partial charge >= 0.3 is 0 Å². The van der Waals surface area contributed by atoms with E-state index in [1.807, 2.05) is 54.1 Å². The van der Waals surface area contributed by atoms with Gasteiger partial charge in [0.05, 0.1) is 12.8 Å². The topological polar surface area (TPSA) is 59.4 Å². The second-order valence-corrected chi connectivity index (χ2v) is 7.59. The predicted octanol–water partition coefficient (Wildman–Crippen LogP) is 5.01. The Bertz CT molecular complexity index is 1260. The van der Waals surface area contributed by atoms with Gasteiger partial charge in [0.1, 0.15) is 5.75 Å². The van der Waals surface area contributed by atoms with E-state index in [4.69, 9.17) is 16.3 Å². The molecule has 1 aromatic heterocycles. The Hall–Kier alpha value is -3.57. The number of methoxy groups -OCH3 is 1. The largest absolute Gasteiger partial charge is 0.497 e. The number of amides is 1. The fraction of sp³-hybridized carbons (Fsp3) is 0.120. The molecule has 0 aliphatic heterocycles. The maximum atomic E-state index is 12.7. The van der Waals surface area contributed by atoms with Crippen molar-refractivity contribution in [3.63, 3.8) is 0 Å². The smallest absolute Gasteiger partial charge is 0.280 e. The van der Waals surface area contributed by atoms with Gasteiger partial charge in [0.15, 0.2) is 0 Å². The Morgan fingerprint density at radius 2 is 1.68 bits per heavy atom. The lowest BCUT2D eigenvalue weighted by Gasteiger charge is -2.08. The molecule has 0 saturated heterocycles. The molecule has 0 radical (unpaired) electrons. The summed E-state index contributed by atoms with van der Waals surface area (Å²) in [5.74, 6) is 0.454. The van der Waals surface area contributed by atoms with Crippen molar-refractivity contribution in [2.75, 3.05) is 7.11 Å². The second kappa shape index (κ2) is 9.06. The average molecular weight is 432 g/mol. The molecule has 0 spiro atoms. The fourth-order valence-electron chi connectivity index (χ4n) is 3.49. The van der Waals surface area contributed by atoms with Gasteiger partial charge in [0, 0.05) is 35.3 Å². The minimum Gasteiger partial charge on any atom is -0.497 e.